The van der Waals surface area contributed by atoms with Gasteiger partial charge in [0.15, 0.2) is 0 Å². The molecule has 0 saturated carbocycles. The van der Waals surface area contributed by atoms with E-state index < -0.39 is 50.0 Å². The zero-order chi connectivity index (χ0) is 7.07. The van der Waals surface area contributed by atoms with Crippen LogP contribution in [-0.2, 0) is 20.6 Å². The molecule has 0 amide bonds. The number of hydrogen-bond acceptors (Lipinski definition) is 5. The fourth-order valence-electron chi connectivity index (χ4n) is 0.465. The molecule has 1 saturated heterocycles. The van der Waals surface area contributed by atoms with Gasteiger partial charge in [-0.3, -0.25) is 0 Å². The van der Waals surface area contributed by atoms with Crippen LogP contribution in [0.5, 0.6) is 0 Å². The van der Waals surface area contributed by atoms with Gasteiger partial charge in [0.2, 0.25) is 0 Å². The van der Waals surface area contributed by atoms with Crippen LogP contribution >= 0.6 is 0 Å². The van der Waals surface area contributed by atoms with E-state index in [9.17, 15) is 0 Å². The van der Waals surface area contributed by atoms with Crippen molar-refractivity contribution in [3.63, 3.8) is 0 Å². The Balaban J connectivity index is 0.000001000. The summed E-state index contributed by atoms with van der Waals surface area (Å²) in [6.07, 6.45) is 0. The van der Waals surface area contributed by atoms with Gasteiger partial charge in [0.25, 0.3) is 50.0 Å². The summed E-state index contributed by atoms with van der Waals surface area (Å²) in [5, 5.41) is 0. The minimum atomic E-state index is -0.724. The van der Waals surface area contributed by atoms with Gasteiger partial charge in [0, 0.05) is 11.0 Å². The Kier molecular flexibility index (Phi) is 10.1. The molecule has 1 fully saturated rings. The Labute approximate surface area is 81.8 Å². The van der Waals surface area contributed by atoms with Gasteiger partial charge < -0.3 is 20.6 Å². The van der Waals surface area contributed by atoms with Gasteiger partial charge in [-0.05, 0) is 0 Å². The number of hydrogen-bond donors (Lipinski definition) is 0. The van der Waals surface area contributed by atoms with Crippen LogP contribution in [0.15, 0.2) is 0 Å². The van der Waals surface area contributed by atoms with Crippen LogP contribution in [0.4, 0.5) is 0 Å². The van der Waals surface area contributed by atoms with E-state index >= 15 is 0 Å². The molecule has 0 spiro atoms. The van der Waals surface area contributed by atoms with Gasteiger partial charge in [0.05, 0.1) is 0 Å². The van der Waals surface area contributed by atoms with Crippen molar-refractivity contribution in [3.8, 4) is 0 Å². The first-order chi connectivity index (χ1) is 5.00. The van der Waals surface area contributed by atoms with Crippen LogP contribution < -0.4 is 0 Å². The fraction of sp³-hybridized carbons (Fsp3) is 0. The van der Waals surface area contributed by atoms with Crippen LogP contribution in [0.2, 0.25) is 0 Å². The van der Waals surface area contributed by atoms with Crippen LogP contribution in [0.1, 0.15) is 0 Å². The fourth-order valence-corrected chi connectivity index (χ4v) is 9.49. The Bertz CT molecular complexity index is 44.2. The third-order valence-electron chi connectivity index (χ3n) is 0.833. The molecule has 0 N–H and O–H groups in total. The zero-order valence-electron chi connectivity index (χ0n) is 6.08. The Morgan fingerprint density at radius 1 is 0.455 bits per heavy atom. The van der Waals surface area contributed by atoms with E-state index in [2.05, 4.69) is 0 Å². The summed E-state index contributed by atoms with van der Waals surface area (Å²) in [6.45, 7) is 0. The molecule has 0 unspecified atom stereocenters. The van der Waals surface area contributed by atoms with Crippen molar-refractivity contribution in [2.24, 2.45) is 0 Å². The third-order valence-corrected chi connectivity index (χ3v) is 7.50. The van der Waals surface area contributed by atoms with Crippen LogP contribution in [0.25, 0.3) is 0 Å². The maximum atomic E-state index is 5.17. The molecule has 0 aromatic rings. The minimum Gasteiger partial charge on any atom is -0.425 e. The van der Waals surface area contributed by atoms with Gasteiger partial charge >= 0.3 is 0 Å². The molecule has 1 aliphatic rings. The van der Waals surface area contributed by atoms with Crippen LogP contribution in [0, 0.1) is 0 Å². The molecule has 0 aliphatic carbocycles. The second-order valence-corrected chi connectivity index (χ2v) is 11.0. The van der Waals surface area contributed by atoms with Crippen LogP contribution in [0.3, 0.4) is 0 Å². The van der Waals surface area contributed by atoms with E-state index in [1.807, 2.05) is 0 Å². The molecule has 0 aromatic heterocycles. The molecule has 4 radical (unpaired) electrons. The van der Waals surface area contributed by atoms with Crippen LogP contribution in [-0.4, -0.2) is 61.0 Å². The summed E-state index contributed by atoms with van der Waals surface area (Å²) in [4.78, 5) is 0. The summed E-state index contributed by atoms with van der Waals surface area (Å²) < 4.78 is 25.8. The molecule has 1 rings (SSSR count). The first kappa shape index (κ1) is 12.1. The highest BCUT2D eigenvalue weighted by atomic mass is 28.4. The Hall–Kier alpha value is 1.10. The van der Waals surface area contributed by atoms with E-state index in [0.29, 0.717) is 0 Å². The van der Waals surface area contributed by atoms with Gasteiger partial charge in [0.1, 0.15) is 0 Å². The lowest BCUT2D eigenvalue weighted by atomic mass is 15.7. The highest BCUT2D eigenvalue weighted by Crippen LogP contribution is 1.79. The third kappa shape index (κ3) is 7.46. The van der Waals surface area contributed by atoms with Crippen molar-refractivity contribution in [2.45, 2.75) is 0 Å². The molecule has 1 aliphatic heterocycles. The van der Waals surface area contributed by atoms with Gasteiger partial charge in [-0.15, -0.1) is 0 Å². The maximum absolute atomic E-state index is 5.17. The highest BCUT2D eigenvalue weighted by Gasteiger charge is 1.97. The van der Waals surface area contributed by atoms with E-state index in [4.69, 9.17) is 20.6 Å². The van der Waals surface area contributed by atoms with Crippen molar-refractivity contribution in [1.29, 1.82) is 0 Å². The van der Waals surface area contributed by atoms with Crippen molar-refractivity contribution >= 4 is 61.0 Å². The average Bonchev–Trinajstić information content (AvgIpc) is 2.01. The highest BCUT2D eigenvalue weighted by molar-refractivity contribution is 6.50. The molecule has 1 heterocycles. The van der Waals surface area contributed by atoms with Gasteiger partial charge in [-0.1, -0.05) is 0 Å². The van der Waals surface area contributed by atoms with E-state index in [1.54, 1.807) is 0 Å². The SMILES string of the molecule is O1[SiH2]O[SiH2]O[SiH2]O[SiH2]O[SiH2]1.[Si]. The lowest BCUT2D eigenvalue weighted by molar-refractivity contribution is 0.347. The predicted molar refractivity (Wildman–Crippen MR) is 53.9 cm³/mol. The summed E-state index contributed by atoms with van der Waals surface area (Å²) >= 11 is 0. The largest absolute Gasteiger partial charge is 0.425 e. The van der Waals surface area contributed by atoms with Crippen molar-refractivity contribution < 1.29 is 20.6 Å². The minimum absolute atomic E-state index is 0. The second-order valence-electron chi connectivity index (χ2n) is 1.61. The molecule has 5 nitrogen and oxygen atoms in total. The van der Waals surface area contributed by atoms with E-state index in [-0.39, 0.29) is 11.0 Å². The van der Waals surface area contributed by atoms with Gasteiger partial charge in [-0.25, -0.2) is 0 Å². The standard InChI is InChI=1S/H10O5Si5.Si/c1-6-2-8-4-10-5-9-3-7-1;/h6-10H2;. The molecular formula is H10O5Si6. The predicted octanol–water partition coefficient (Wildman–Crippen LogP) is -5.30. The van der Waals surface area contributed by atoms with Crippen molar-refractivity contribution in [3.05, 3.63) is 0 Å². The lowest BCUT2D eigenvalue weighted by Crippen LogP contribution is -2.23. The van der Waals surface area contributed by atoms with Crippen molar-refractivity contribution in [1.82, 2.24) is 0 Å². The summed E-state index contributed by atoms with van der Waals surface area (Å²) in [7, 11) is -3.62. The first-order valence-corrected chi connectivity index (χ1v) is 8.66. The molecule has 64 valence electrons. The maximum Gasteiger partial charge on any atom is 0.286 e. The first-order valence-electron chi connectivity index (χ1n) is 2.89. The Morgan fingerprint density at radius 3 is 0.818 bits per heavy atom. The smallest absolute Gasteiger partial charge is 0.286 e. The lowest BCUT2D eigenvalue weighted by Gasteiger charge is -2.10. The molecule has 0 bridgehead atoms. The zero-order valence-corrected chi connectivity index (χ0v) is 14.1. The Morgan fingerprint density at radius 2 is 0.636 bits per heavy atom. The topological polar surface area (TPSA) is 46.2 Å². The number of rotatable bonds is 0. The summed E-state index contributed by atoms with van der Waals surface area (Å²) in [5.74, 6) is 0. The quantitative estimate of drug-likeness (QED) is 0.406. The molecule has 0 atom stereocenters. The monoisotopic (exact) mass is 258 g/mol. The second kappa shape index (κ2) is 9.19. The average molecular weight is 259 g/mol. The summed E-state index contributed by atoms with van der Waals surface area (Å²) in [5.41, 5.74) is 0. The van der Waals surface area contributed by atoms with E-state index in [0.717, 1.165) is 0 Å². The molecule has 11 heavy (non-hydrogen) atoms. The van der Waals surface area contributed by atoms with Crippen molar-refractivity contribution in [2.75, 3.05) is 0 Å². The van der Waals surface area contributed by atoms with E-state index in [1.165, 1.54) is 0 Å². The normalized spacial score (nSPS) is 32.7. The molecule has 11 heteroatoms. The van der Waals surface area contributed by atoms with Gasteiger partial charge in [-0.2, -0.15) is 0 Å². The summed E-state index contributed by atoms with van der Waals surface area (Å²) in [6, 6.07) is 0. The molecular weight excluding hydrogens is 249 g/mol. The molecule has 0 aromatic carbocycles.